The number of carboxylic acid groups (broad SMARTS) is 1. The molecule has 0 amide bonds. The van der Waals surface area contributed by atoms with E-state index in [0.717, 1.165) is 51.4 Å². The van der Waals surface area contributed by atoms with Gasteiger partial charge in [-0.15, -0.1) is 0 Å². The number of carboxylic acids is 1. The van der Waals surface area contributed by atoms with Gasteiger partial charge in [0.15, 0.2) is 17.0 Å². The highest BCUT2D eigenvalue weighted by Gasteiger charge is 2.29. The summed E-state index contributed by atoms with van der Waals surface area (Å²) in [4.78, 5) is 33.1. The molecular formula is C27H42FN5O5. The van der Waals surface area contributed by atoms with Gasteiger partial charge < -0.3 is 20.3 Å². The molecular weight excluding hydrogens is 493 g/mol. The zero-order valence-electron chi connectivity index (χ0n) is 22.6. The summed E-state index contributed by atoms with van der Waals surface area (Å²) in [5.74, 6) is -0.868. The number of anilines is 1. The second-order valence-corrected chi connectivity index (χ2v) is 9.40. The van der Waals surface area contributed by atoms with Crippen molar-refractivity contribution in [2.24, 2.45) is 0 Å². The molecule has 38 heavy (non-hydrogen) atoms. The van der Waals surface area contributed by atoms with E-state index in [2.05, 4.69) is 41.0 Å². The van der Waals surface area contributed by atoms with Gasteiger partial charge in [0.1, 0.15) is 12.8 Å². The fraction of sp³-hybridized carbons (Fsp3) is 0.667. The van der Waals surface area contributed by atoms with Gasteiger partial charge in [-0.2, -0.15) is 14.4 Å². The highest BCUT2D eigenvalue weighted by molar-refractivity contribution is 5.81. The molecule has 11 heteroatoms. The lowest BCUT2D eigenvalue weighted by molar-refractivity contribution is -0.148. The third kappa shape index (κ3) is 12.0. The molecule has 10 nitrogen and oxygen atoms in total. The number of imidazole rings is 1. The molecule has 0 saturated carbocycles. The standard InChI is InChI=1S/C17H24FN5O3.C7H14O2.C3H4/c1-2-3-4-5-6-13(24)25-9-11-7-8-12(26-11)23-10-20-14-15(19)21-17(18)22-16(14)23;1-2-3-4-5-6-7(8)9;1-2-3-1/h10-12H,2-9H2,1H3,(H2,19,21,22);2-6H2,1H3,(H,8,9);1-2H,3H2/t11-,12+;;/m0../s1. The molecule has 0 spiro atoms. The maximum absolute atomic E-state index is 13.4. The van der Waals surface area contributed by atoms with Crippen LogP contribution >= 0.6 is 0 Å². The lowest BCUT2D eigenvalue weighted by atomic mass is 10.1. The number of aromatic nitrogens is 4. The summed E-state index contributed by atoms with van der Waals surface area (Å²) in [6.45, 7) is 4.46. The number of nitrogens with two attached hydrogens (primary N) is 1. The second-order valence-electron chi connectivity index (χ2n) is 9.40. The molecule has 3 heterocycles. The molecule has 1 aliphatic heterocycles. The zero-order chi connectivity index (χ0) is 27.8. The molecule has 2 aromatic rings. The average molecular weight is 536 g/mol. The number of unbranched alkanes of at least 4 members (excludes halogenated alkanes) is 6. The van der Waals surface area contributed by atoms with Crippen molar-refractivity contribution in [3.8, 4) is 0 Å². The van der Waals surface area contributed by atoms with Crippen LogP contribution in [0.5, 0.6) is 0 Å². The molecule has 0 unspecified atom stereocenters. The van der Waals surface area contributed by atoms with Gasteiger partial charge in [-0.25, -0.2) is 4.98 Å². The molecule has 2 atom stereocenters. The molecule has 0 aromatic carbocycles. The number of hydrogen-bond acceptors (Lipinski definition) is 8. The van der Waals surface area contributed by atoms with Crippen LogP contribution in [0.3, 0.4) is 0 Å². The Kier molecular flexibility index (Phi) is 14.3. The van der Waals surface area contributed by atoms with E-state index in [0.29, 0.717) is 30.4 Å². The fourth-order valence-electron chi connectivity index (χ4n) is 3.79. The molecule has 2 aliphatic rings. The maximum Gasteiger partial charge on any atom is 0.312 e. The summed E-state index contributed by atoms with van der Waals surface area (Å²) in [7, 11) is 0. The summed E-state index contributed by atoms with van der Waals surface area (Å²) >= 11 is 0. The van der Waals surface area contributed by atoms with Gasteiger partial charge in [-0.05, 0) is 32.1 Å². The summed E-state index contributed by atoms with van der Waals surface area (Å²) < 4.78 is 26.3. The van der Waals surface area contributed by atoms with Crippen LogP contribution in [-0.2, 0) is 19.1 Å². The maximum atomic E-state index is 13.4. The van der Waals surface area contributed by atoms with Crippen molar-refractivity contribution >= 4 is 28.9 Å². The Morgan fingerprint density at radius 3 is 2.34 bits per heavy atom. The predicted molar refractivity (Wildman–Crippen MR) is 143 cm³/mol. The van der Waals surface area contributed by atoms with Crippen molar-refractivity contribution in [2.75, 3.05) is 12.3 Å². The first kappa shape index (κ1) is 31.1. The Labute approximate surface area is 223 Å². The molecule has 2 aromatic heterocycles. The number of carbonyl (C=O) groups is 2. The third-order valence-electron chi connectivity index (χ3n) is 5.96. The first-order valence-corrected chi connectivity index (χ1v) is 13.7. The minimum Gasteiger partial charge on any atom is -0.481 e. The molecule has 3 N–H and O–H groups in total. The minimum atomic E-state index is -0.900. The van der Waals surface area contributed by atoms with Crippen molar-refractivity contribution in [3.05, 3.63) is 24.6 Å². The summed E-state index contributed by atoms with van der Waals surface area (Å²) in [6.07, 6.45) is 16.2. The number of fused-ring (bicyclic) bond motifs is 1. The number of halogens is 1. The summed E-state index contributed by atoms with van der Waals surface area (Å²) in [6, 6.07) is 0. The van der Waals surface area contributed by atoms with Crippen molar-refractivity contribution in [3.63, 3.8) is 0 Å². The van der Waals surface area contributed by atoms with Gasteiger partial charge in [-0.1, -0.05) is 64.5 Å². The van der Waals surface area contributed by atoms with E-state index < -0.39 is 12.0 Å². The number of esters is 1. The van der Waals surface area contributed by atoms with Crippen LogP contribution in [0.1, 0.15) is 104 Å². The van der Waals surface area contributed by atoms with Gasteiger partial charge in [0.2, 0.25) is 0 Å². The van der Waals surface area contributed by atoms with Crippen molar-refractivity contribution in [1.29, 1.82) is 0 Å². The monoisotopic (exact) mass is 535 g/mol. The molecule has 1 fully saturated rings. The van der Waals surface area contributed by atoms with Crippen LogP contribution in [0.15, 0.2) is 18.5 Å². The number of carbonyl (C=O) groups excluding carboxylic acids is 1. The SMILES string of the molecule is C1=CC1.CCCCCCC(=O)O.CCCCCCC(=O)OC[C@@H]1CC[C@H](n2cnc3c(N)nc(F)nc32)O1. The Balaban J connectivity index is 0.000000350. The minimum absolute atomic E-state index is 0.00204. The summed E-state index contributed by atoms with van der Waals surface area (Å²) in [5, 5.41) is 8.21. The van der Waals surface area contributed by atoms with Crippen LogP contribution in [0, 0.1) is 6.08 Å². The Morgan fingerprint density at radius 1 is 1.08 bits per heavy atom. The number of rotatable bonds is 13. The number of ether oxygens (including phenoxy) is 2. The molecule has 212 valence electrons. The first-order valence-electron chi connectivity index (χ1n) is 13.7. The van der Waals surface area contributed by atoms with Crippen LogP contribution < -0.4 is 5.73 Å². The highest BCUT2D eigenvalue weighted by Crippen LogP contribution is 2.31. The Morgan fingerprint density at radius 2 is 1.74 bits per heavy atom. The largest absolute Gasteiger partial charge is 0.481 e. The number of nitrogen functional groups attached to an aromatic ring is 1. The van der Waals surface area contributed by atoms with E-state index in [1.807, 2.05) is 0 Å². The quantitative estimate of drug-likeness (QED) is 0.142. The molecule has 0 radical (unpaired) electrons. The number of aliphatic carboxylic acids is 1. The normalized spacial score (nSPS) is 17.3. The van der Waals surface area contributed by atoms with Crippen molar-refractivity contribution in [2.45, 2.75) is 110 Å². The van der Waals surface area contributed by atoms with Crippen LogP contribution in [0.4, 0.5) is 10.2 Å². The van der Waals surface area contributed by atoms with Gasteiger partial charge in [0.05, 0.1) is 12.4 Å². The first-order chi connectivity index (χ1) is 18.3. The van der Waals surface area contributed by atoms with Gasteiger partial charge in [-0.3, -0.25) is 14.2 Å². The van der Waals surface area contributed by atoms with Gasteiger partial charge >= 0.3 is 18.0 Å². The third-order valence-corrected chi connectivity index (χ3v) is 5.96. The van der Waals surface area contributed by atoms with E-state index in [1.165, 1.54) is 19.2 Å². The highest BCUT2D eigenvalue weighted by atomic mass is 19.1. The smallest absolute Gasteiger partial charge is 0.312 e. The fourth-order valence-corrected chi connectivity index (χ4v) is 3.79. The topological polar surface area (TPSA) is 142 Å². The van der Waals surface area contributed by atoms with Crippen molar-refractivity contribution < 1.29 is 28.6 Å². The lowest BCUT2D eigenvalue weighted by Crippen LogP contribution is -2.19. The Bertz CT molecular complexity index is 1020. The van der Waals surface area contributed by atoms with Gasteiger partial charge in [0.25, 0.3) is 0 Å². The number of hydrogen-bond donors (Lipinski definition) is 2. The molecule has 4 rings (SSSR count). The van der Waals surface area contributed by atoms with Crippen LogP contribution in [0.2, 0.25) is 0 Å². The average Bonchev–Trinajstić information content (AvgIpc) is 3.59. The number of nitrogens with zero attached hydrogens (tertiary/aromatic N) is 4. The van der Waals surface area contributed by atoms with Crippen molar-refractivity contribution in [1.82, 2.24) is 19.5 Å². The van der Waals surface area contributed by atoms with E-state index in [9.17, 15) is 14.0 Å². The van der Waals surface area contributed by atoms with Crippen LogP contribution in [0.25, 0.3) is 11.2 Å². The zero-order valence-corrected chi connectivity index (χ0v) is 22.6. The van der Waals surface area contributed by atoms with Crippen LogP contribution in [-0.4, -0.2) is 49.3 Å². The Hall–Kier alpha value is -3.08. The van der Waals surface area contributed by atoms with E-state index in [4.69, 9.17) is 20.3 Å². The molecule has 1 saturated heterocycles. The lowest BCUT2D eigenvalue weighted by Gasteiger charge is -2.15. The van der Waals surface area contributed by atoms with E-state index in [-0.39, 0.29) is 30.7 Å². The van der Waals surface area contributed by atoms with Gasteiger partial charge in [0, 0.05) is 12.8 Å². The molecule has 1 aliphatic carbocycles. The van der Waals surface area contributed by atoms with E-state index in [1.54, 1.807) is 4.57 Å². The molecule has 0 bridgehead atoms. The number of allylic oxidation sites excluding steroid dienone is 2. The van der Waals surface area contributed by atoms with E-state index >= 15 is 0 Å². The summed E-state index contributed by atoms with van der Waals surface area (Å²) in [5.41, 5.74) is 6.31. The predicted octanol–water partition coefficient (Wildman–Crippen LogP) is 5.73. The second kappa shape index (κ2) is 17.4.